The summed E-state index contributed by atoms with van der Waals surface area (Å²) < 4.78 is 0. The fourth-order valence-electron chi connectivity index (χ4n) is 3.11. The van der Waals surface area contributed by atoms with Gasteiger partial charge in [-0.05, 0) is 39.9 Å². The lowest BCUT2D eigenvalue weighted by atomic mass is 9.91. The van der Waals surface area contributed by atoms with Gasteiger partial charge in [0.1, 0.15) is 0 Å². The van der Waals surface area contributed by atoms with E-state index in [0.717, 1.165) is 6.04 Å². The largest absolute Gasteiger partial charge is 0.315 e. The van der Waals surface area contributed by atoms with Gasteiger partial charge in [0.15, 0.2) is 0 Å². The standard InChI is InChI=1S/C15H32N2/c1-4-5-10-13-17(3)15-12-9-7-6-8-11-14(15)16-2/h14-16H,4-13H2,1-3H3. The molecule has 0 amide bonds. The Morgan fingerprint density at radius 2 is 1.76 bits per heavy atom. The molecule has 0 aromatic rings. The molecular formula is C15H32N2. The van der Waals surface area contributed by atoms with Crippen LogP contribution in [0.15, 0.2) is 0 Å². The van der Waals surface area contributed by atoms with Gasteiger partial charge < -0.3 is 10.2 Å². The second-order valence-corrected chi connectivity index (χ2v) is 5.64. The predicted octanol–water partition coefficient (Wildman–Crippen LogP) is 3.42. The van der Waals surface area contributed by atoms with E-state index >= 15 is 0 Å². The van der Waals surface area contributed by atoms with Gasteiger partial charge in [0.25, 0.3) is 0 Å². The second kappa shape index (κ2) is 8.93. The maximum Gasteiger partial charge on any atom is 0.0246 e. The first-order valence-corrected chi connectivity index (χ1v) is 7.67. The first kappa shape index (κ1) is 15.0. The zero-order valence-electron chi connectivity index (χ0n) is 12.2. The summed E-state index contributed by atoms with van der Waals surface area (Å²) in [7, 11) is 4.46. The Labute approximate surface area is 108 Å². The normalized spacial score (nSPS) is 26.8. The Kier molecular flexibility index (Phi) is 7.87. The van der Waals surface area contributed by atoms with Crippen LogP contribution in [0.2, 0.25) is 0 Å². The molecule has 0 aromatic heterocycles. The van der Waals surface area contributed by atoms with Crippen LogP contribution < -0.4 is 5.32 Å². The number of hydrogen-bond acceptors (Lipinski definition) is 2. The quantitative estimate of drug-likeness (QED) is 0.716. The highest BCUT2D eigenvalue weighted by Gasteiger charge is 2.24. The van der Waals surface area contributed by atoms with Crippen LogP contribution >= 0.6 is 0 Å². The number of unbranched alkanes of at least 4 members (excludes halogenated alkanes) is 2. The molecule has 1 rings (SSSR count). The minimum absolute atomic E-state index is 0.710. The molecule has 1 N–H and O–H groups in total. The second-order valence-electron chi connectivity index (χ2n) is 5.64. The topological polar surface area (TPSA) is 15.3 Å². The summed E-state index contributed by atoms with van der Waals surface area (Å²) in [5, 5.41) is 3.55. The molecule has 0 radical (unpaired) electrons. The Bertz CT molecular complexity index is 182. The van der Waals surface area contributed by atoms with Crippen molar-refractivity contribution in [3.05, 3.63) is 0 Å². The number of nitrogens with zero attached hydrogens (tertiary/aromatic N) is 1. The van der Waals surface area contributed by atoms with Gasteiger partial charge >= 0.3 is 0 Å². The summed E-state index contributed by atoms with van der Waals surface area (Å²) in [6.07, 6.45) is 12.5. The minimum Gasteiger partial charge on any atom is -0.315 e. The highest BCUT2D eigenvalue weighted by atomic mass is 15.2. The van der Waals surface area contributed by atoms with Crippen molar-refractivity contribution in [2.45, 2.75) is 76.8 Å². The van der Waals surface area contributed by atoms with E-state index in [-0.39, 0.29) is 0 Å². The van der Waals surface area contributed by atoms with Crippen LogP contribution in [0.25, 0.3) is 0 Å². The van der Waals surface area contributed by atoms with Crippen molar-refractivity contribution < 1.29 is 0 Å². The maximum atomic E-state index is 3.55. The molecule has 2 heteroatoms. The smallest absolute Gasteiger partial charge is 0.0246 e. The Morgan fingerprint density at radius 1 is 1.06 bits per heavy atom. The van der Waals surface area contributed by atoms with E-state index in [1.54, 1.807) is 0 Å². The molecule has 1 fully saturated rings. The van der Waals surface area contributed by atoms with Crippen LogP contribution in [-0.4, -0.2) is 37.6 Å². The monoisotopic (exact) mass is 240 g/mol. The Morgan fingerprint density at radius 3 is 2.41 bits per heavy atom. The molecule has 2 atom stereocenters. The third-order valence-corrected chi connectivity index (χ3v) is 4.28. The van der Waals surface area contributed by atoms with Gasteiger partial charge in [-0.3, -0.25) is 0 Å². The first-order valence-electron chi connectivity index (χ1n) is 7.67. The summed E-state index contributed by atoms with van der Waals surface area (Å²) in [6.45, 7) is 3.56. The predicted molar refractivity (Wildman–Crippen MR) is 76.5 cm³/mol. The lowest BCUT2D eigenvalue weighted by molar-refractivity contribution is 0.164. The summed E-state index contributed by atoms with van der Waals surface area (Å²) in [5.74, 6) is 0. The zero-order chi connectivity index (χ0) is 12.5. The number of likely N-dealkylation sites (N-methyl/N-ethyl adjacent to an activating group) is 2. The molecule has 2 unspecified atom stereocenters. The molecule has 0 heterocycles. The zero-order valence-corrected chi connectivity index (χ0v) is 12.2. The van der Waals surface area contributed by atoms with E-state index in [1.807, 2.05) is 0 Å². The van der Waals surface area contributed by atoms with E-state index in [0.29, 0.717) is 6.04 Å². The van der Waals surface area contributed by atoms with E-state index < -0.39 is 0 Å². The van der Waals surface area contributed by atoms with Crippen LogP contribution in [0.3, 0.4) is 0 Å². The van der Waals surface area contributed by atoms with Crippen molar-refractivity contribution >= 4 is 0 Å². The van der Waals surface area contributed by atoms with Gasteiger partial charge in [0, 0.05) is 12.1 Å². The lowest BCUT2D eigenvalue weighted by Crippen LogP contribution is -2.48. The molecule has 0 aromatic carbocycles. The molecule has 1 aliphatic rings. The summed E-state index contributed by atoms with van der Waals surface area (Å²) in [6, 6.07) is 1.47. The molecule has 17 heavy (non-hydrogen) atoms. The molecule has 2 nitrogen and oxygen atoms in total. The van der Waals surface area contributed by atoms with Crippen LogP contribution in [-0.2, 0) is 0 Å². The van der Waals surface area contributed by atoms with Gasteiger partial charge in [-0.1, -0.05) is 45.4 Å². The van der Waals surface area contributed by atoms with E-state index in [9.17, 15) is 0 Å². The molecule has 1 saturated carbocycles. The van der Waals surface area contributed by atoms with Gasteiger partial charge in [-0.25, -0.2) is 0 Å². The van der Waals surface area contributed by atoms with Crippen molar-refractivity contribution in [2.75, 3.05) is 20.6 Å². The lowest BCUT2D eigenvalue weighted by Gasteiger charge is -2.36. The minimum atomic E-state index is 0.710. The van der Waals surface area contributed by atoms with Gasteiger partial charge in [-0.15, -0.1) is 0 Å². The average Bonchev–Trinajstić information content (AvgIpc) is 2.29. The van der Waals surface area contributed by atoms with Gasteiger partial charge in [0.05, 0.1) is 0 Å². The van der Waals surface area contributed by atoms with E-state index in [4.69, 9.17) is 0 Å². The molecule has 1 aliphatic carbocycles. The fraction of sp³-hybridized carbons (Fsp3) is 1.00. The fourth-order valence-corrected chi connectivity index (χ4v) is 3.11. The molecule has 0 spiro atoms. The molecule has 0 bridgehead atoms. The molecule has 102 valence electrons. The van der Waals surface area contributed by atoms with Crippen molar-refractivity contribution in [3.63, 3.8) is 0 Å². The Balaban J connectivity index is 2.42. The summed E-state index contributed by atoms with van der Waals surface area (Å²) in [5.41, 5.74) is 0. The highest BCUT2D eigenvalue weighted by molar-refractivity contribution is 4.84. The number of hydrogen-bond donors (Lipinski definition) is 1. The molecule has 0 aliphatic heterocycles. The average molecular weight is 240 g/mol. The maximum absolute atomic E-state index is 3.55. The summed E-state index contributed by atoms with van der Waals surface area (Å²) in [4.78, 5) is 2.61. The SMILES string of the molecule is CCCCCN(C)C1CCCCCCC1NC. The van der Waals surface area contributed by atoms with E-state index in [2.05, 4.69) is 31.2 Å². The molecular weight excluding hydrogens is 208 g/mol. The highest BCUT2D eigenvalue weighted by Crippen LogP contribution is 2.21. The number of nitrogens with one attached hydrogen (secondary N) is 1. The summed E-state index contributed by atoms with van der Waals surface area (Å²) >= 11 is 0. The van der Waals surface area contributed by atoms with Crippen molar-refractivity contribution in [1.29, 1.82) is 0 Å². The van der Waals surface area contributed by atoms with Crippen molar-refractivity contribution in [3.8, 4) is 0 Å². The van der Waals surface area contributed by atoms with Crippen molar-refractivity contribution in [2.24, 2.45) is 0 Å². The van der Waals surface area contributed by atoms with Crippen LogP contribution in [0.4, 0.5) is 0 Å². The first-order chi connectivity index (χ1) is 8.29. The Hall–Kier alpha value is -0.0800. The van der Waals surface area contributed by atoms with Crippen LogP contribution in [0, 0.1) is 0 Å². The third-order valence-electron chi connectivity index (χ3n) is 4.28. The van der Waals surface area contributed by atoms with Crippen molar-refractivity contribution in [1.82, 2.24) is 10.2 Å². The third kappa shape index (κ3) is 5.39. The van der Waals surface area contributed by atoms with Gasteiger partial charge in [0.2, 0.25) is 0 Å². The van der Waals surface area contributed by atoms with Gasteiger partial charge in [-0.2, -0.15) is 0 Å². The van der Waals surface area contributed by atoms with E-state index in [1.165, 1.54) is 64.3 Å². The van der Waals surface area contributed by atoms with Crippen LogP contribution in [0.5, 0.6) is 0 Å². The van der Waals surface area contributed by atoms with Crippen LogP contribution in [0.1, 0.15) is 64.7 Å². The number of rotatable bonds is 6. The molecule has 0 saturated heterocycles.